The maximum atomic E-state index is 11.0. The van der Waals surface area contributed by atoms with Crippen LogP contribution in [0.15, 0.2) is 53.5 Å². The molecule has 0 saturated carbocycles. The van der Waals surface area contributed by atoms with E-state index in [-0.39, 0.29) is 0 Å². The Morgan fingerprint density at radius 1 is 1.17 bits per heavy atom. The van der Waals surface area contributed by atoms with Crippen LogP contribution in [0.25, 0.3) is 0 Å². The molecule has 1 amide bonds. The number of benzene rings is 2. The van der Waals surface area contributed by atoms with Gasteiger partial charge in [0.1, 0.15) is 0 Å². The molecule has 0 aliphatic heterocycles. The zero-order valence-electron chi connectivity index (χ0n) is 9.51. The molecule has 0 spiro atoms. The molecule has 90 valence electrons. The fourth-order valence-electron chi connectivity index (χ4n) is 1.48. The maximum absolute atomic E-state index is 11.0. The van der Waals surface area contributed by atoms with E-state index in [1.807, 2.05) is 18.2 Å². The molecule has 2 N–H and O–H groups in total. The number of nitrogens with two attached hydrogens (primary N) is 1. The fourth-order valence-corrected chi connectivity index (χ4v) is 1.67. The van der Waals surface area contributed by atoms with Crippen molar-refractivity contribution in [1.29, 1.82) is 0 Å². The molecule has 0 fully saturated rings. The minimum Gasteiger partial charge on any atom is -0.366 e. The van der Waals surface area contributed by atoms with Crippen molar-refractivity contribution in [2.75, 3.05) is 0 Å². The summed E-state index contributed by atoms with van der Waals surface area (Å²) >= 11 is 5.87. The Balaban J connectivity index is 2.23. The van der Waals surface area contributed by atoms with Crippen molar-refractivity contribution in [3.8, 4) is 0 Å². The Labute approximate surface area is 110 Å². The van der Waals surface area contributed by atoms with Gasteiger partial charge >= 0.3 is 0 Å². The topological polar surface area (TPSA) is 55.5 Å². The minimum absolute atomic E-state index is 0.441. The zero-order chi connectivity index (χ0) is 13.0. The van der Waals surface area contributed by atoms with Crippen molar-refractivity contribution >= 4 is 29.4 Å². The monoisotopic (exact) mass is 258 g/mol. The van der Waals surface area contributed by atoms with E-state index >= 15 is 0 Å². The molecule has 2 rings (SSSR count). The minimum atomic E-state index is -0.463. The van der Waals surface area contributed by atoms with Gasteiger partial charge in [0.05, 0.1) is 5.69 Å². The Morgan fingerprint density at radius 2 is 1.94 bits per heavy atom. The van der Waals surface area contributed by atoms with Crippen molar-refractivity contribution in [3.63, 3.8) is 0 Å². The Hall–Kier alpha value is -2.13. The Morgan fingerprint density at radius 3 is 2.67 bits per heavy atom. The lowest BCUT2D eigenvalue weighted by molar-refractivity contribution is 0.100. The molecule has 18 heavy (non-hydrogen) atoms. The summed E-state index contributed by atoms with van der Waals surface area (Å²) in [5.41, 5.74) is 7.21. The van der Waals surface area contributed by atoms with E-state index in [0.29, 0.717) is 16.3 Å². The highest BCUT2D eigenvalue weighted by Gasteiger charge is 1.99. The van der Waals surface area contributed by atoms with Crippen molar-refractivity contribution in [2.24, 2.45) is 10.7 Å². The van der Waals surface area contributed by atoms with Crippen LogP contribution in [0.4, 0.5) is 5.69 Å². The van der Waals surface area contributed by atoms with Gasteiger partial charge < -0.3 is 5.73 Å². The summed E-state index contributed by atoms with van der Waals surface area (Å²) in [6, 6.07) is 14.2. The number of carbonyl (C=O) groups excluding carboxylic acids is 1. The zero-order valence-corrected chi connectivity index (χ0v) is 10.3. The first kappa shape index (κ1) is 12.3. The van der Waals surface area contributed by atoms with Crippen LogP contribution >= 0.6 is 11.6 Å². The summed E-state index contributed by atoms with van der Waals surface area (Å²) in [7, 11) is 0. The molecule has 0 atom stereocenters. The predicted octanol–water partition coefficient (Wildman–Crippen LogP) is 3.19. The molecule has 0 saturated heterocycles. The van der Waals surface area contributed by atoms with E-state index in [1.165, 1.54) is 0 Å². The third-order valence-corrected chi connectivity index (χ3v) is 2.58. The Kier molecular flexibility index (Phi) is 3.75. The lowest BCUT2D eigenvalue weighted by atomic mass is 10.2. The maximum Gasteiger partial charge on any atom is 0.248 e. The van der Waals surface area contributed by atoms with Crippen molar-refractivity contribution in [3.05, 3.63) is 64.7 Å². The van der Waals surface area contributed by atoms with E-state index in [0.717, 1.165) is 5.56 Å². The van der Waals surface area contributed by atoms with Gasteiger partial charge in [0.2, 0.25) is 5.91 Å². The van der Waals surface area contributed by atoms with Crippen LogP contribution in [0.1, 0.15) is 15.9 Å². The van der Waals surface area contributed by atoms with E-state index in [2.05, 4.69) is 4.99 Å². The average Bonchev–Trinajstić information content (AvgIpc) is 2.37. The molecule has 2 aromatic rings. The van der Waals surface area contributed by atoms with Crippen LogP contribution in [-0.4, -0.2) is 12.1 Å². The standard InChI is InChI=1S/C14H11ClN2O/c15-12-5-1-3-10(7-12)9-17-13-6-2-4-11(8-13)14(16)18/h1-9H,(H2,16,18). The average molecular weight is 259 g/mol. The lowest BCUT2D eigenvalue weighted by Gasteiger charge is -1.98. The van der Waals surface area contributed by atoms with Crippen LogP contribution in [0, 0.1) is 0 Å². The normalized spacial score (nSPS) is 10.7. The molecule has 0 bridgehead atoms. The number of amides is 1. The number of rotatable bonds is 3. The highest BCUT2D eigenvalue weighted by Crippen LogP contribution is 2.15. The summed E-state index contributed by atoms with van der Waals surface area (Å²) < 4.78 is 0. The molecule has 3 nitrogen and oxygen atoms in total. The van der Waals surface area contributed by atoms with Gasteiger partial charge in [-0.05, 0) is 35.9 Å². The van der Waals surface area contributed by atoms with Crippen LogP contribution in [-0.2, 0) is 0 Å². The van der Waals surface area contributed by atoms with Crippen molar-refractivity contribution in [2.45, 2.75) is 0 Å². The van der Waals surface area contributed by atoms with Gasteiger partial charge in [-0.3, -0.25) is 9.79 Å². The number of carbonyl (C=O) groups is 1. The summed E-state index contributed by atoms with van der Waals surface area (Å²) in [6.45, 7) is 0. The van der Waals surface area contributed by atoms with Gasteiger partial charge in [0.15, 0.2) is 0 Å². The SMILES string of the molecule is NC(=O)c1cccc(N=Cc2cccc(Cl)c2)c1. The van der Waals surface area contributed by atoms with Gasteiger partial charge in [-0.1, -0.05) is 29.8 Å². The van der Waals surface area contributed by atoms with E-state index in [9.17, 15) is 4.79 Å². The smallest absolute Gasteiger partial charge is 0.248 e. The highest BCUT2D eigenvalue weighted by molar-refractivity contribution is 6.30. The number of primary amides is 1. The highest BCUT2D eigenvalue weighted by atomic mass is 35.5. The van der Waals surface area contributed by atoms with Gasteiger partial charge in [-0.15, -0.1) is 0 Å². The second-order valence-corrected chi connectivity index (χ2v) is 4.16. The van der Waals surface area contributed by atoms with Crippen molar-refractivity contribution in [1.82, 2.24) is 0 Å². The third-order valence-electron chi connectivity index (χ3n) is 2.34. The number of halogens is 1. The summed E-state index contributed by atoms with van der Waals surface area (Å²) in [6.07, 6.45) is 1.69. The summed E-state index contributed by atoms with van der Waals surface area (Å²) in [4.78, 5) is 15.3. The van der Waals surface area contributed by atoms with Gasteiger partial charge in [0.25, 0.3) is 0 Å². The van der Waals surface area contributed by atoms with E-state index < -0.39 is 5.91 Å². The number of aliphatic imine (C=N–C) groups is 1. The molecular formula is C14H11ClN2O. The molecule has 0 radical (unpaired) electrons. The molecular weight excluding hydrogens is 248 g/mol. The first-order chi connectivity index (χ1) is 8.65. The number of hydrogen-bond donors (Lipinski definition) is 1. The third kappa shape index (κ3) is 3.18. The van der Waals surface area contributed by atoms with Crippen molar-refractivity contribution < 1.29 is 4.79 Å². The fraction of sp³-hybridized carbons (Fsp3) is 0. The lowest BCUT2D eigenvalue weighted by Crippen LogP contribution is -2.10. The molecule has 4 heteroatoms. The predicted molar refractivity (Wildman–Crippen MR) is 73.7 cm³/mol. The van der Waals surface area contributed by atoms with Gasteiger partial charge in [-0.25, -0.2) is 0 Å². The largest absolute Gasteiger partial charge is 0.366 e. The van der Waals surface area contributed by atoms with Crippen LogP contribution in [0.3, 0.4) is 0 Å². The molecule has 0 unspecified atom stereocenters. The quantitative estimate of drug-likeness (QED) is 0.845. The van der Waals surface area contributed by atoms with Crippen LogP contribution in [0.5, 0.6) is 0 Å². The van der Waals surface area contributed by atoms with Crippen LogP contribution < -0.4 is 5.73 Å². The molecule has 0 aliphatic carbocycles. The summed E-state index contributed by atoms with van der Waals surface area (Å²) in [5.74, 6) is -0.463. The second-order valence-electron chi connectivity index (χ2n) is 3.73. The number of nitrogens with zero attached hydrogens (tertiary/aromatic N) is 1. The first-order valence-corrected chi connectivity index (χ1v) is 5.72. The molecule has 0 aromatic heterocycles. The molecule has 2 aromatic carbocycles. The first-order valence-electron chi connectivity index (χ1n) is 5.34. The van der Waals surface area contributed by atoms with Gasteiger partial charge in [-0.2, -0.15) is 0 Å². The van der Waals surface area contributed by atoms with E-state index in [4.69, 9.17) is 17.3 Å². The molecule has 0 aliphatic rings. The summed E-state index contributed by atoms with van der Waals surface area (Å²) in [5, 5.41) is 0.657. The number of hydrogen-bond acceptors (Lipinski definition) is 2. The Bertz CT molecular complexity index is 608. The molecule has 0 heterocycles. The van der Waals surface area contributed by atoms with E-state index in [1.54, 1.807) is 36.5 Å². The van der Waals surface area contributed by atoms with Crippen LogP contribution in [0.2, 0.25) is 5.02 Å². The second kappa shape index (κ2) is 5.47. The van der Waals surface area contributed by atoms with Gasteiger partial charge in [0, 0.05) is 16.8 Å².